The summed E-state index contributed by atoms with van der Waals surface area (Å²) in [6.07, 6.45) is 1.53. The first-order valence-electron chi connectivity index (χ1n) is 8.68. The molecule has 0 saturated carbocycles. The third-order valence-corrected chi connectivity index (χ3v) is 4.93. The molecule has 0 aliphatic carbocycles. The van der Waals surface area contributed by atoms with Crippen LogP contribution >= 0.6 is 0 Å². The number of carbonyl (C=O) groups excluding carboxylic acids is 1. The van der Waals surface area contributed by atoms with E-state index in [2.05, 4.69) is 4.98 Å². The van der Waals surface area contributed by atoms with Gasteiger partial charge in [0.2, 0.25) is 5.82 Å². The molecule has 0 spiro atoms. The maximum absolute atomic E-state index is 14.1. The molecule has 0 bridgehead atoms. The van der Waals surface area contributed by atoms with Crippen molar-refractivity contribution in [3.05, 3.63) is 82.8 Å². The number of hydrogen-bond donors (Lipinski definition) is 0. The molecule has 5 rings (SSSR count). The largest absolute Gasteiger partial charge is 0.487 e. The number of benzene rings is 2. The van der Waals surface area contributed by atoms with E-state index in [1.165, 1.54) is 10.8 Å². The monoisotopic (exact) mass is 416 g/mol. The lowest BCUT2D eigenvalue weighted by molar-refractivity contribution is 0.0965. The van der Waals surface area contributed by atoms with Crippen LogP contribution in [0.3, 0.4) is 0 Å². The minimum Gasteiger partial charge on any atom is -0.487 e. The number of fused-ring (bicyclic) bond motifs is 4. The van der Waals surface area contributed by atoms with Crippen LogP contribution < -0.4 is 4.74 Å². The first-order chi connectivity index (χ1) is 14.4. The second-order valence-corrected chi connectivity index (χ2v) is 6.59. The van der Waals surface area contributed by atoms with Crippen molar-refractivity contribution in [1.29, 1.82) is 0 Å². The molecule has 4 aromatic rings. The van der Waals surface area contributed by atoms with Crippen molar-refractivity contribution in [3.8, 4) is 17.1 Å². The molecular weight excluding hydrogens is 407 g/mol. The second kappa shape index (κ2) is 6.38. The lowest BCUT2D eigenvalue weighted by atomic mass is 10.1. The highest BCUT2D eigenvalue weighted by molar-refractivity contribution is 6.13. The van der Waals surface area contributed by atoms with Gasteiger partial charge in [0.15, 0.2) is 23.3 Å². The minimum absolute atomic E-state index is 0.0479. The van der Waals surface area contributed by atoms with Gasteiger partial charge in [0.1, 0.15) is 23.6 Å². The molecule has 150 valence electrons. The van der Waals surface area contributed by atoms with Gasteiger partial charge in [-0.2, -0.15) is 0 Å². The summed E-state index contributed by atoms with van der Waals surface area (Å²) < 4.78 is 75.3. The van der Waals surface area contributed by atoms with Gasteiger partial charge in [0.05, 0.1) is 16.8 Å². The van der Waals surface area contributed by atoms with Gasteiger partial charge in [-0.1, -0.05) is 12.1 Å². The molecule has 0 atom stereocenters. The Morgan fingerprint density at radius 3 is 2.27 bits per heavy atom. The number of rotatable bonds is 3. The molecule has 2 aromatic heterocycles. The quantitative estimate of drug-likeness (QED) is 0.237. The second-order valence-electron chi connectivity index (χ2n) is 6.59. The molecule has 0 radical (unpaired) electrons. The SMILES string of the molecule is O=C1c2c(nc3ccccc3c2OCc2c(F)c(F)c(F)c(F)c2F)-c2cccn21. The standard InChI is InChI=1S/C21H9F5N2O2/c22-14-10(15(23)17(25)18(26)16(14)24)8-30-20-9-4-1-2-5-11(9)27-19-12-6-3-7-28(12)21(29)13(19)20/h1-7H,8H2. The molecule has 1 aliphatic heterocycles. The average molecular weight is 416 g/mol. The van der Waals surface area contributed by atoms with E-state index in [1.54, 1.807) is 36.4 Å². The van der Waals surface area contributed by atoms with Gasteiger partial charge in [-0.05, 0) is 24.3 Å². The molecule has 0 saturated heterocycles. The molecule has 1 aliphatic rings. The van der Waals surface area contributed by atoms with E-state index >= 15 is 0 Å². The highest BCUT2D eigenvalue weighted by Crippen LogP contribution is 2.41. The maximum Gasteiger partial charge on any atom is 0.268 e. The summed E-state index contributed by atoms with van der Waals surface area (Å²) >= 11 is 0. The van der Waals surface area contributed by atoms with Gasteiger partial charge < -0.3 is 4.74 Å². The van der Waals surface area contributed by atoms with E-state index in [4.69, 9.17) is 4.74 Å². The molecule has 9 heteroatoms. The highest BCUT2D eigenvalue weighted by atomic mass is 19.2. The zero-order chi connectivity index (χ0) is 21.2. The maximum atomic E-state index is 14.1. The van der Waals surface area contributed by atoms with Gasteiger partial charge in [0.25, 0.3) is 5.91 Å². The van der Waals surface area contributed by atoms with Crippen LogP contribution in [0.2, 0.25) is 0 Å². The van der Waals surface area contributed by atoms with Crippen LogP contribution in [-0.4, -0.2) is 15.5 Å². The Hall–Kier alpha value is -3.75. The summed E-state index contributed by atoms with van der Waals surface area (Å²) in [5.41, 5.74) is 0.156. The molecule has 4 nitrogen and oxygen atoms in total. The Balaban J connectivity index is 1.67. The van der Waals surface area contributed by atoms with Gasteiger partial charge in [-0.3, -0.25) is 9.36 Å². The van der Waals surface area contributed by atoms with Crippen molar-refractivity contribution in [3.63, 3.8) is 0 Å². The predicted octanol–water partition coefficient (Wildman–Crippen LogP) is 4.98. The summed E-state index contributed by atoms with van der Waals surface area (Å²) in [4.78, 5) is 17.3. The third kappa shape index (κ3) is 2.38. The predicted molar refractivity (Wildman–Crippen MR) is 95.5 cm³/mol. The van der Waals surface area contributed by atoms with Crippen LogP contribution in [-0.2, 0) is 6.61 Å². The summed E-state index contributed by atoms with van der Waals surface area (Å²) in [5.74, 6) is -10.9. The number of nitrogens with zero attached hydrogens (tertiary/aromatic N) is 2. The summed E-state index contributed by atoms with van der Waals surface area (Å²) in [6, 6.07) is 9.89. The fraction of sp³-hybridized carbons (Fsp3) is 0.0476. The van der Waals surface area contributed by atoms with E-state index < -0.39 is 47.2 Å². The zero-order valence-corrected chi connectivity index (χ0v) is 14.8. The number of ether oxygens (including phenoxy) is 1. The number of halogens is 5. The summed E-state index contributed by atoms with van der Waals surface area (Å²) in [7, 11) is 0. The first-order valence-corrected chi connectivity index (χ1v) is 8.68. The molecule has 0 unspecified atom stereocenters. The summed E-state index contributed by atoms with van der Waals surface area (Å²) in [5, 5.41) is 0.360. The van der Waals surface area contributed by atoms with Crippen LogP contribution in [0, 0.1) is 29.1 Å². The zero-order valence-electron chi connectivity index (χ0n) is 14.8. The van der Waals surface area contributed by atoms with Crippen LogP contribution in [0.4, 0.5) is 22.0 Å². The molecule has 30 heavy (non-hydrogen) atoms. The van der Waals surface area contributed by atoms with Crippen molar-refractivity contribution >= 4 is 16.8 Å². The lowest BCUT2D eigenvalue weighted by Gasteiger charge is -2.14. The number of aromatic nitrogens is 2. The van der Waals surface area contributed by atoms with Gasteiger partial charge >= 0.3 is 0 Å². The smallest absolute Gasteiger partial charge is 0.268 e. The third-order valence-electron chi connectivity index (χ3n) is 4.93. The van der Waals surface area contributed by atoms with Crippen molar-refractivity contribution < 1.29 is 31.5 Å². The van der Waals surface area contributed by atoms with E-state index in [0.29, 0.717) is 22.3 Å². The molecule has 3 heterocycles. The van der Waals surface area contributed by atoms with Gasteiger partial charge in [-0.15, -0.1) is 0 Å². The normalized spacial score (nSPS) is 12.4. The number of para-hydroxylation sites is 1. The molecule has 0 N–H and O–H groups in total. The van der Waals surface area contributed by atoms with E-state index in [9.17, 15) is 26.7 Å². The fourth-order valence-corrected chi connectivity index (χ4v) is 3.51. The van der Waals surface area contributed by atoms with Crippen molar-refractivity contribution in [2.24, 2.45) is 0 Å². The van der Waals surface area contributed by atoms with E-state index in [0.717, 1.165) is 0 Å². The molecule has 2 aromatic carbocycles. The average Bonchev–Trinajstić information content (AvgIpc) is 3.33. The minimum atomic E-state index is -2.25. The lowest BCUT2D eigenvalue weighted by Crippen LogP contribution is -2.12. The summed E-state index contributed by atoms with van der Waals surface area (Å²) in [6.45, 7) is -0.978. The van der Waals surface area contributed by atoms with E-state index in [1.807, 2.05) is 0 Å². The fourth-order valence-electron chi connectivity index (χ4n) is 3.51. The van der Waals surface area contributed by atoms with Crippen molar-refractivity contribution in [2.75, 3.05) is 0 Å². The Morgan fingerprint density at radius 2 is 1.53 bits per heavy atom. The van der Waals surface area contributed by atoms with Crippen LogP contribution in [0.25, 0.3) is 22.3 Å². The highest BCUT2D eigenvalue weighted by Gasteiger charge is 2.33. The van der Waals surface area contributed by atoms with Crippen LogP contribution in [0.15, 0.2) is 42.6 Å². The van der Waals surface area contributed by atoms with Crippen LogP contribution in [0.1, 0.15) is 15.9 Å². The topological polar surface area (TPSA) is 44.1 Å². The molecular formula is C21H9F5N2O2. The Kier molecular flexibility index (Phi) is 3.89. The number of pyridine rings is 1. The Morgan fingerprint density at radius 1 is 0.867 bits per heavy atom. The van der Waals surface area contributed by atoms with Crippen molar-refractivity contribution in [1.82, 2.24) is 9.55 Å². The van der Waals surface area contributed by atoms with Crippen LogP contribution in [0.5, 0.6) is 5.75 Å². The molecule has 0 amide bonds. The number of carbonyl (C=O) groups is 1. The molecule has 0 fully saturated rings. The van der Waals surface area contributed by atoms with Gasteiger partial charge in [-0.25, -0.2) is 26.9 Å². The number of hydrogen-bond acceptors (Lipinski definition) is 3. The Labute approximate surface area is 165 Å². The van der Waals surface area contributed by atoms with E-state index in [-0.39, 0.29) is 11.3 Å². The first kappa shape index (κ1) is 18.3. The van der Waals surface area contributed by atoms with Gasteiger partial charge in [0, 0.05) is 11.6 Å². The Bertz CT molecular complexity index is 1350. The van der Waals surface area contributed by atoms with Crippen molar-refractivity contribution in [2.45, 2.75) is 6.61 Å².